The van der Waals surface area contributed by atoms with Crippen LogP contribution in [-0.2, 0) is 16.6 Å². The van der Waals surface area contributed by atoms with E-state index in [4.69, 9.17) is 4.98 Å². The Kier molecular flexibility index (Phi) is 4.92. The van der Waals surface area contributed by atoms with E-state index in [0.29, 0.717) is 12.4 Å². The summed E-state index contributed by atoms with van der Waals surface area (Å²) in [5.74, 6) is 0.871. The molecule has 2 amide bonds. The number of aromatic amines is 1. The van der Waals surface area contributed by atoms with Gasteiger partial charge in [0, 0.05) is 25.4 Å². The normalized spacial score (nSPS) is 17.6. The van der Waals surface area contributed by atoms with Crippen LogP contribution in [0, 0.1) is 11.8 Å². The van der Waals surface area contributed by atoms with E-state index in [1.807, 2.05) is 60.1 Å². The minimum atomic E-state index is -0.436. The number of aryl methyl sites for hydroxylation is 1. The van der Waals surface area contributed by atoms with Crippen LogP contribution in [0.15, 0.2) is 48.5 Å². The number of amides is 2. The number of aromatic nitrogens is 4. The van der Waals surface area contributed by atoms with Crippen molar-refractivity contribution in [1.82, 2.24) is 25.1 Å². The summed E-state index contributed by atoms with van der Waals surface area (Å²) in [4.78, 5) is 32.4. The lowest BCUT2D eigenvalue weighted by Crippen LogP contribution is -2.38. The number of hydrogen-bond acceptors (Lipinski definition) is 4. The predicted molar refractivity (Wildman–Crippen MR) is 123 cm³/mol. The maximum Gasteiger partial charge on any atom is 0.229 e. The molecule has 1 saturated heterocycles. The van der Waals surface area contributed by atoms with Crippen LogP contribution in [0.3, 0.4) is 0 Å². The van der Waals surface area contributed by atoms with Crippen molar-refractivity contribution < 1.29 is 9.59 Å². The highest BCUT2D eigenvalue weighted by Crippen LogP contribution is 2.31. The zero-order valence-corrected chi connectivity index (χ0v) is 18.4. The molecule has 4 aromatic rings. The third kappa shape index (κ3) is 3.32. The molecule has 0 bridgehead atoms. The van der Waals surface area contributed by atoms with Gasteiger partial charge in [-0.2, -0.15) is 5.10 Å². The van der Waals surface area contributed by atoms with Crippen LogP contribution in [0.5, 0.6) is 0 Å². The molecule has 3 heterocycles. The molecule has 2 aromatic carbocycles. The summed E-state index contributed by atoms with van der Waals surface area (Å²) in [6, 6.07) is 15.3. The molecule has 0 saturated carbocycles. The Morgan fingerprint density at radius 2 is 1.91 bits per heavy atom. The van der Waals surface area contributed by atoms with Gasteiger partial charge in [0.05, 0.1) is 28.5 Å². The fourth-order valence-corrected chi connectivity index (χ4v) is 4.49. The summed E-state index contributed by atoms with van der Waals surface area (Å²) >= 11 is 0. The number of carbonyl (C=O) groups is 2. The van der Waals surface area contributed by atoms with Crippen LogP contribution in [0.1, 0.15) is 32.1 Å². The van der Waals surface area contributed by atoms with Crippen LogP contribution in [0.2, 0.25) is 0 Å². The van der Waals surface area contributed by atoms with E-state index >= 15 is 0 Å². The second-order valence-corrected chi connectivity index (χ2v) is 8.75. The van der Waals surface area contributed by atoms with Crippen molar-refractivity contribution in [2.45, 2.75) is 26.3 Å². The first kappa shape index (κ1) is 20.2. The van der Waals surface area contributed by atoms with Crippen molar-refractivity contribution in [2.75, 3.05) is 11.4 Å². The summed E-state index contributed by atoms with van der Waals surface area (Å²) in [6.45, 7) is 4.44. The second-order valence-electron chi connectivity index (χ2n) is 8.75. The van der Waals surface area contributed by atoms with E-state index in [2.05, 4.69) is 29.4 Å². The van der Waals surface area contributed by atoms with Crippen molar-refractivity contribution in [1.29, 1.82) is 0 Å². The van der Waals surface area contributed by atoms with Gasteiger partial charge in [-0.15, -0.1) is 0 Å². The van der Waals surface area contributed by atoms with Crippen LogP contribution in [0.4, 0.5) is 5.82 Å². The Morgan fingerprint density at radius 1 is 1.16 bits per heavy atom. The molecule has 164 valence electrons. The van der Waals surface area contributed by atoms with Crippen molar-refractivity contribution in [3.8, 4) is 0 Å². The molecule has 1 aliphatic rings. The lowest BCUT2D eigenvalue weighted by molar-refractivity contribution is -0.127. The van der Waals surface area contributed by atoms with Gasteiger partial charge in [-0.05, 0) is 30.2 Å². The van der Waals surface area contributed by atoms with Crippen molar-refractivity contribution in [2.24, 2.45) is 18.9 Å². The number of fused-ring (bicyclic) bond motifs is 2. The van der Waals surface area contributed by atoms with E-state index in [1.165, 1.54) is 0 Å². The predicted octanol–water partition coefficient (Wildman–Crippen LogP) is 3.32. The van der Waals surface area contributed by atoms with Gasteiger partial charge in [0.2, 0.25) is 11.8 Å². The molecule has 1 aliphatic heterocycles. The van der Waals surface area contributed by atoms with Gasteiger partial charge in [0.1, 0.15) is 5.82 Å². The van der Waals surface area contributed by atoms with Gasteiger partial charge in [0.25, 0.3) is 0 Å². The zero-order chi connectivity index (χ0) is 22.4. The number of benzene rings is 2. The maximum atomic E-state index is 13.2. The molecular formula is C24H26N6O2. The van der Waals surface area contributed by atoms with Gasteiger partial charge < -0.3 is 9.88 Å². The maximum absolute atomic E-state index is 13.2. The first-order valence-electron chi connectivity index (χ1n) is 10.9. The molecule has 8 heteroatoms. The van der Waals surface area contributed by atoms with Gasteiger partial charge in [-0.3, -0.25) is 19.6 Å². The smallest absolute Gasteiger partial charge is 0.229 e. The Hall–Kier alpha value is -3.68. The summed E-state index contributed by atoms with van der Waals surface area (Å²) < 4.78 is 2.03. The highest BCUT2D eigenvalue weighted by atomic mass is 16.2. The van der Waals surface area contributed by atoms with E-state index < -0.39 is 5.92 Å². The minimum absolute atomic E-state index is 0.0915. The third-order valence-electron chi connectivity index (χ3n) is 6.27. The average molecular weight is 431 g/mol. The van der Waals surface area contributed by atoms with Gasteiger partial charge in [0.15, 0.2) is 5.82 Å². The highest BCUT2D eigenvalue weighted by Gasteiger charge is 2.38. The van der Waals surface area contributed by atoms with Crippen LogP contribution >= 0.6 is 0 Å². The standard InChI is InChI=1S/C24H26N6O2/c1-14(2)21(23-25-18-10-6-7-11-19(18)29(23)3)26-24(32)15-12-20(31)30(13-15)22-16-8-4-5-9-17(16)27-28-22/h4-11,14-15,21H,12-13H2,1-3H3,(H,26,32)(H,27,28)/t15?,21-/m0/s1. The van der Waals surface area contributed by atoms with Crippen molar-refractivity contribution >= 4 is 39.6 Å². The summed E-state index contributed by atoms with van der Waals surface area (Å²) in [6.07, 6.45) is 0.167. The summed E-state index contributed by atoms with van der Waals surface area (Å²) in [5, 5.41) is 11.3. The largest absolute Gasteiger partial charge is 0.346 e. The average Bonchev–Trinajstić information content (AvgIpc) is 3.47. The molecule has 8 nitrogen and oxygen atoms in total. The number of nitrogens with one attached hydrogen (secondary N) is 2. The molecule has 0 radical (unpaired) electrons. The van der Waals surface area contributed by atoms with Crippen molar-refractivity contribution in [3.05, 3.63) is 54.4 Å². The van der Waals surface area contributed by atoms with Crippen LogP contribution in [0.25, 0.3) is 21.9 Å². The topological polar surface area (TPSA) is 95.9 Å². The SMILES string of the molecule is CC(C)[C@H](NC(=O)C1CC(=O)N(c2n[nH]c3ccccc23)C1)c1nc2ccccc2n1C. The van der Waals surface area contributed by atoms with E-state index in [-0.39, 0.29) is 30.2 Å². The quantitative estimate of drug-likeness (QED) is 0.508. The zero-order valence-electron chi connectivity index (χ0n) is 18.4. The summed E-state index contributed by atoms with van der Waals surface area (Å²) in [5.41, 5.74) is 2.79. The first-order valence-corrected chi connectivity index (χ1v) is 10.9. The second kappa shape index (κ2) is 7.78. The molecule has 0 aliphatic carbocycles. The molecule has 2 atom stereocenters. The number of para-hydroxylation sites is 3. The number of H-pyrrole nitrogens is 1. The number of imidazole rings is 1. The van der Waals surface area contributed by atoms with E-state index in [1.54, 1.807) is 4.90 Å². The van der Waals surface area contributed by atoms with Crippen LogP contribution in [-0.4, -0.2) is 38.1 Å². The minimum Gasteiger partial charge on any atom is -0.346 e. The Balaban J connectivity index is 1.37. The third-order valence-corrected chi connectivity index (χ3v) is 6.27. The molecule has 1 fully saturated rings. The monoisotopic (exact) mass is 430 g/mol. The van der Waals surface area contributed by atoms with E-state index in [0.717, 1.165) is 27.8 Å². The van der Waals surface area contributed by atoms with Gasteiger partial charge in [-0.1, -0.05) is 38.1 Å². The molecule has 5 rings (SSSR count). The van der Waals surface area contributed by atoms with E-state index in [9.17, 15) is 9.59 Å². The Labute approximate surface area is 185 Å². The number of rotatable bonds is 5. The lowest BCUT2D eigenvalue weighted by atomic mass is 10.0. The fourth-order valence-electron chi connectivity index (χ4n) is 4.49. The molecule has 2 aromatic heterocycles. The molecular weight excluding hydrogens is 404 g/mol. The molecule has 1 unspecified atom stereocenters. The van der Waals surface area contributed by atoms with Crippen LogP contribution < -0.4 is 10.2 Å². The number of hydrogen-bond donors (Lipinski definition) is 2. The van der Waals surface area contributed by atoms with Gasteiger partial charge >= 0.3 is 0 Å². The molecule has 32 heavy (non-hydrogen) atoms. The van der Waals surface area contributed by atoms with Crippen molar-refractivity contribution in [3.63, 3.8) is 0 Å². The molecule has 2 N–H and O–H groups in total. The lowest BCUT2D eigenvalue weighted by Gasteiger charge is -2.24. The first-order chi connectivity index (χ1) is 15.4. The summed E-state index contributed by atoms with van der Waals surface area (Å²) in [7, 11) is 1.97. The number of carbonyl (C=O) groups excluding carboxylic acids is 2. The highest BCUT2D eigenvalue weighted by molar-refractivity contribution is 6.05. The number of nitrogens with zero attached hydrogens (tertiary/aromatic N) is 4. The molecule has 0 spiro atoms. The Bertz CT molecular complexity index is 1320. The Morgan fingerprint density at radius 3 is 2.69 bits per heavy atom. The van der Waals surface area contributed by atoms with Gasteiger partial charge in [-0.25, -0.2) is 4.98 Å². The fraction of sp³-hybridized carbons (Fsp3) is 0.333. The number of anilines is 1.